The zero-order chi connectivity index (χ0) is 12.3. The van der Waals surface area contributed by atoms with Crippen molar-refractivity contribution in [3.63, 3.8) is 0 Å². The van der Waals surface area contributed by atoms with Crippen molar-refractivity contribution in [1.29, 1.82) is 0 Å². The molecule has 0 aliphatic heterocycles. The minimum absolute atomic E-state index is 0.888. The quantitative estimate of drug-likeness (QED) is 0.910. The van der Waals surface area contributed by atoms with Gasteiger partial charge in [0, 0.05) is 23.3 Å². The van der Waals surface area contributed by atoms with Gasteiger partial charge in [0.1, 0.15) is 5.82 Å². The summed E-state index contributed by atoms with van der Waals surface area (Å²) in [4.78, 5) is 7.50. The maximum atomic E-state index is 4.32. The van der Waals surface area contributed by atoms with Crippen molar-refractivity contribution in [3.8, 4) is 0 Å². The highest BCUT2D eigenvalue weighted by molar-refractivity contribution is 9.10. The second kappa shape index (κ2) is 5.50. The van der Waals surface area contributed by atoms with E-state index in [4.69, 9.17) is 0 Å². The van der Waals surface area contributed by atoms with Crippen LogP contribution in [0.2, 0.25) is 0 Å². The summed E-state index contributed by atoms with van der Waals surface area (Å²) in [5.41, 5.74) is 4.24. The number of rotatable bonds is 4. The van der Waals surface area contributed by atoms with Gasteiger partial charge in [-0.15, -0.1) is 0 Å². The standard InChI is InChI=1S/C14H17BrN2/c1-3-10-5-6-13(15)11(4-2)12(10)9-14-16-7-8-17-14/h5-8H,3-4,9H2,1-2H3,(H,16,17). The van der Waals surface area contributed by atoms with E-state index in [-0.39, 0.29) is 0 Å². The van der Waals surface area contributed by atoms with Crippen molar-refractivity contribution in [2.45, 2.75) is 33.1 Å². The highest BCUT2D eigenvalue weighted by atomic mass is 79.9. The first-order valence-corrected chi connectivity index (χ1v) is 6.82. The van der Waals surface area contributed by atoms with Gasteiger partial charge in [-0.05, 0) is 35.6 Å². The van der Waals surface area contributed by atoms with Gasteiger partial charge < -0.3 is 4.98 Å². The molecule has 90 valence electrons. The maximum absolute atomic E-state index is 4.32. The fraction of sp³-hybridized carbons (Fsp3) is 0.357. The fourth-order valence-corrected chi connectivity index (χ4v) is 2.86. The molecule has 0 aliphatic rings. The Morgan fingerprint density at radius 1 is 1.18 bits per heavy atom. The summed E-state index contributed by atoms with van der Waals surface area (Å²) in [7, 11) is 0. The van der Waals surface area contributed by atoms with Crippen LogP contribution < -0.4 is 0 Å². The number of H-pyrrole nitrogens is 1. The second-order valence-electron chi connectivity index (χ2n) is 4.08. The number of aryl methyl sites for hydroxylation is 1. The Balaban J connectivity index is 2.45. The van der Waals surface area contributed by atoms with Crippen molar-refractivity contribution in [1.82, 2.24) is 9.97 Å². The number of hydrogen-bond donors (Lipinski definition) is 1. The Hall–Kier alpha value is -1.09. The SMILES string of the molecule is CCc1ccc(Br)c(CC)c1Cc1ncc[nH]1. The molecular weight excluding hydrogens is 276 g/mol. The molecule has 0 bridgehead atoms. The largest absolute Gasteiger partial charge is 0.348 e. The lowest BCUT2D eigenvalue weighted by atomic mass is 9.95. The molecule has 1 aromatic heterocycles. The molecule has 0 radical (unpaired) electrons. The van der Waals surface area contributed by atoms with Gasteiger partial charge in [0.25, 0.3) is 0 Å². The lowest BCUT2D eigenvalue weighted by Gasteiger charge is -2.14. The third kappa shape index (κ3) is 2.60. The summed E-state index contributed by atoms with van der Waals surface area (Å²) < 4.78 is 1.21. The first-order chi connectivity index (χ1) is 8.26. The molecule has 1 aromatic carbocycles. The third-order valence-electron chi connectivity index (χ3n) is 3.10. The van der Waals surface area contributed by atoms with E-state index in [9.17, 15) is 0 Å². The van der Waals surface area contributed by atoms with Gasteiger partial charge in [-0.2, -0.15) is 0 Å². The Kier molecular flexibility index (Phi) is 4.00. The van der Waals surface area contributed by atoms with Gasteiger partial charge in [0.05, 0.1) is 0 Å². The Bertz CT molecular complexity index is 489. The Morgan fingerprint density at radius 2 is 2.00 bits per heavy atom. The molecule has 0 spiro atoms. The van der Waals surface area contributed by atoms with Gasteiger partial charge in [0.2, 0.25) is 0 Å². The number of imidazole rings is 1. The van der Waals surface area contributed by atoms with Crippen molar-refractivity contribution in [2.24, 2.45) is 0 Å². The van der Waals surface area contributed by atoms with Gasteiger partial charge in [-0.25, -0.2) is 4.98 Å². The molecule has 2 nitrogen and oxygen atoms in total. The van der Waals surface area contributed by atoms with E-state index in [0.717, 1.165) is 25.1 Å². The smallest absolute Gasteiger partial charge is 0.110 e. The number of aromatic nitrogens is 2. The molecule has 3 heteroatoms. The van der Waals surface area contributed by atoms with E-state index in [0.29, 0.717) is 0 Å². The lowest BCUT2D eigenvalue weighted by Crippen LogP contribution is -2.02. The summed E-state index contributed by atoms with van der Waals surface area (Å²) >= 11 is 3.64. The molecule has 2 aromatic rings. The number of benzene rings is 1. The van der Waals surface area contributed by atoms with E-state index in [1.165, 1.54) is 21.2 Å². The topological polar surface area (TPSA) is 28.7 Å². The van der Waals surface area contributed by atoms with Crippen LogP contribution in [-0.4, -0.2) is 9.97 Å². The molecule has 0 amide bonds. The summed E-state index contributed by atoms with van der Waals surface area (Å²) in [5, 5.41) is 0. The Morgan fingerprint density at radius 3 is 2.59 bits per heavy atom. The van der Waals surface area contributed by atoms with Gasteiger partial charge in [0.15, 0.2) is 0 Å². The molecule has 0 saturated heterocycles. The predicted octanol–water partition coefficient (Wildman–Crippen LogP) is 3.89. The number of halogens is 1. The van der Waals surface area contributed by atoms with Crippen molar-refractivity contribution in [2.75, 3.05) is 0 Å². The van der Waals surface area contributed by atoms with Crippen molar-refractivity contribution >= 4 is 15.9 Å². The molecule has 0 atom stereocenters. The number of aromatic amines is 1. The van der Waals surface area contributed by atoms with Crippen LogP contribution in [0, 0.1) is 0 Å². The number of nitrogens with one attached hydrogen (secondary N) is 1. The van der Waals surface area contributed by atoms with Crippen LogP contribution in [0.1, 0.15) is 36.4 Å². The highest BCUT2D eigenvalue weighted by Gasteiger charge is 2.11. The molecular formula is C14H17BrN2. The van der Waals surface area contributed by atoms with E-state index < -0.39 is 0 Å². The van der Waals surface area contributed by atoms with Crippen LogP contribution >= 0.6 is 15.9 Å². The van der Waals surface area contributed by atoms with E-state index in [1.54, 1.807) is 0 Å². The van der Waals surface area contributed by atoms with Gasteiger partial charge in [-0.3, -0.25) is 0 Å². The minimum atomic E-state index is 0.888. The van der Waals surface area contributed by atoms with Crippen molar-refractivity contribution in [3.05, 3.63) is 51.5 Å². The zero-order valence-corrected chi connectivity index (χ0v) is 11.8. The second-order valence-corrected chi connectivity index (χ2v) is 4.94. The molecule has 0 unspecified atom stereocenters. The van der Waals surface area contributed by atoms with Crippen LogP contribution in [0.15, 0.2) is 29.0 Å². The first kappa shape index (κ1) is 12.4. The molecule has 0 aliphatic carbocycles. The van der Waals surface area contributed by atoms with E-state index in [1.807, 2.05) is 12.4 Å². The van der Waals surface area contributed by atoms with Crippen molar-refractivity contribution < 1.29 is 0 Å². The average Bonchev–Trinajstić information content (AvgIpc) is 2.83. The average molecular weight is 293 g/mol. The third-order valence-corrected chi connectivity index (χ3v) is 3.85. The van der Waals surface area contributed by atoms with Gasteiger partial charge >= 0.3 is 0 Å². The molecule has 1 heterocycles. The Labute approximate surface area is 111 Å². The number of hydrogen-bond acceptors (Lipinski definition) is 1. The molecule has 0 fully saturated rings. The predicted molar refractivity (Wildman–Crippen MR) is 74.3 cm³/mol. The van der Waals surface area contributed by atoms with Crippen LogP contribution in [-0.2, 0) is 19.3 Å². The van der Waals surface area contributed by atoms with Crippen LogP contribution in [0.5, 0.6) is 0 Å². The summed E-state index contributed by atoms with van der Waals surface area (Å²) in [5.74, 6) is 1.03. The summed E-state index contributed by atoms with van der Waals surface area (Å²) in [6.07, 6.45) is 6.69. The van der Waals surface area contributed by atoms with E-state index >= 15 is 0 Å². The number of nitrogens with zero attached hydrogens (tertiary/aromatic N) is 1. The monoisotopic (exact) mass is 292 g/mol. The first-order valence-electron chi connectivity index (χ1n) is 6.03. The maximum Gasteiger partial charge on any atom is 0.110 e. The summed E-state index contributed by atoms with van der Waals surface area (Å²) in [6, 6.07) is 4.37. The van der Waals surface area contributed by atoms with E-state index in [2.05, 4.69) is 51.9 Å². The minimum Gasteiger partial charge on any atom is -0.348 e. The van der Waals surface area contributed by atoms with Crippen LogP contribution in [0.3, 0.4) is 0 Å². The highest BCUT2D eigenvalue weighted by Crippen LogP contribution is 2.26. The van der Waals surface area contributed by atoms with Crippen LogP contribution in [0.25, 0.3) is 0 Å². The molecule has 0 saturated carbocycles. The molecule has 2 rings (SSSR count). The van der Waals surface area contributed by atoms with Gasteiger partial charge in [-0.1, -0.05) is 35.8 Å². The van der Waals surface area contributed by atoms with Crippen LogP contribution in [0.4, 0.5) is 0 Å². The molecule has 17 heavy (non-hydrogen) atoms. The normalized spacial score (nSPS) is 10.8. The zero-order valence-electron chi connectivity index (χ0n) is 10.3. The summed E-state index contributed by atoms with van der Waals surface area (Å²) in [6.45, 7) is 4.40. The lowest BCUT2D eigenvalue weighted by molar-refractivity contribution is 0.947. The fourth-order valence-electron chi connectivity index (χ4n) is 2.21. The molecule has 1 N–H and O–H groups in total.